The summed E-state index contributed by atoms with van der Waals surface area (Å²) in [6, 6.07) is 8.05. The Kier molecular flexibility index (Phi) is 7.32. The van der Waals surface area contributed by atoms with Crippen molar-refractivity contribution in [2.75, 3.05) is 26.2 Å². The van der Waals surface area contributed by atoms with E-state index >= 15 is 0 Å². The fraction of sp³-hybridized carbons (Fsp3) is 0.417. The summed E-state index contributed by atoms with van der Waals surface area (Å²) in [7, 11) is 0. The van der Waals surface area contributed by atoms with E-state index in [0.29, 0.717) is 26.1 Å². The van der Waals surface area contributed by atoms with E-state index in [1.807, 2.05) is 30.9 Å². The number of rotatable bonds is 8. The molecule has 160 valence electrons. The molecule has 3 rings (SSSR count). The highest BCUT2D eigenvalue weighted by Gasteiger charge is 2.33. The molecule has 1 atom stereocenters. The van der Waals surface area contributed by atoms with Crippen molar-refractivity contribution in [3.05, 3.63) is 63.9 Å². The molecule has 1 aliphatic rings. The highest BCUT2D eigenvalue weighted by Crippen LogP contribution is 2.34. The monoisotopic (exact) mass is 426 g/mol. The molecule has 0 N–H and O–H groups in total. The third kappa shape index (κ3) is 4.93. The molecule has 0 saturated heterocycles. The lowest BCUT2D eigenvalue weighted by Gasteiger charge is -2.37. The smallest absolute Gasteiger partial charge is 0.242 e. The van der Waals surface area contributed by atoms with Crippen molar-refractivity contribution in [1.82, 2.24) is 9.80 Å². The molecule has 0 aliphatic carbocycles. The zero-order valence-corrected chi connectivity index (χ0v) is 18.8. The third-order valence-electron chi connectivity index (χ3n) is 5.47. The quantitative estimate of drug-likeness (QED) is 0.592. The lowest BCUT2D eigenvalue weighted by atomic mass is 10.00. The summed E-state index contributed by atoms with van der Waals surface area (Å²) in [6.07, 6.45) is 2.87. The first-order chi connectivity index (χ1) is 14.4. The minimum absolute atomic E-state index is 0.0421. The van der Waals surface area contributed by atoms with Crippen molar-refractivity contribution in [3.63, 3.8) is 0 Å². The molecule has 6 heteroatoms. The Labute approximate surface area is 182 Å². The minimum atomic E-state index is -0.157. The van der Waals surface area contributed by atoms with Crippen LogP contribution < -0.4 is 4.74 Å². The van der Waals surface area contributed by atoms with E-state index in [-0.39, 0.29) is 24.4 Å². The summed E-state index contributed by atoms with van der Waals surface area (Å²) in [6.45, 7) is 11.1. The molecule has 0 saturated carbocycles. The van der Waals surface area contributed by atoms with Crippen LogP contribution in [0.1, 0.15) is 41.0 Å². The molecule has 5 nitrogen and oxygen atoms in total. The number of carbonyl (C=O) groups excluding carboxylic acids is 2. The average Bonchev–Trinajstić information content (AvgIpc) is 3.21. The molecule has 0 unspecified atom stereocenters. The maximum absolute atomic E-state index is 13.2. The first kappa shape index (κ1) is 22.1. The average molecular weight is 427 g/mol. The fourth-order valence-corrected chi connectivity index (χ4v) is 4.82. The first-order valence-corrected chi connectivity index (χ1v) is 11.3. The van der Waals surface area contributed by atoms with Crippen LogP contribution in [-0.4, -0.2) is 47.9 Å². The molecular formula is C24H30N2O3S. The Hall–Kier alpha value is -2.60. The molecule has 2 aromatic rings. The second-order valence-electron chi connectivity index (χ2n) is 7.65. The number of hydrogen-bond acceptors (Lipinski definition) is 4. The first-order valence-electron chi connectivity index (χ1n) is 10.4. The lowest BCUT2D eigenvalue weighted by molar-refractivity contribution is -0.142. The van der Waals surface area contributed by atoms with Gasteiger partial charge in [-0.3, -0.25) is 9.59 Å². The van der Waals surface area contributed by atoms with E-state index < -0.39 is 0 Å². The molecule has 0 spiro atoms. The van der Waals surface area contributed by atoms with Crippen molar-refractivity contribution >= 4 is 23.2 Å². The van der Waals surface area contributed by atoms with Gasteiger partial charge in [0.25, 0.3) is 0 Å². The van der Waals surface area contributed by atoms with Crippen LogP contribution in [0.5, 0.6) is 5.75 Å². The van der Waals surface area contributed by atoms with Gasteiger partial charge in [-0.1, -0.05) is 30.7 Å². The molecule has 1 aliphatic heterocycles. The van der Waals surface area contributed by atoms with Crippen LogP contribution in [0.15, 0.2) is 42.3 Å². The number of fused-ring (bicyclic) bond motifs is 1. The zero-order valence-electron chi connectivity index (χ0n) is 18.0. The van der Waals surface area contributed by atoms with Crippen LogP contribution >= 0.6 is 11.3 Å². The van der Waals surface area contributed by atoms with Crippen molar-refractivity contribution in [2.24, 2.45) is 0 Å². The summed E-state index contributed by atoms with van der Waals surface area (Å²) < 4.78 is 6.17. The number of thiophene rings is 1. The lowest BCUT2D eigenvalue weighted by Crippen LogP contribution is -2.47. The Morgan fingerprint density at radius 3 is 2.83 bits per heavy atom. The van der Waals surface area contributed by atoms with Gasteiger partial charge >= 0.3 is 0 Å². The number of hydrogen-bond donors (Lipinski definition) is 0. The van der Waals surface area contributed by atoms with Gasteiger partial charge in [0.2, 0.25) is 11.8 Å². The molecule has 0 radical (unpaired) electrons. The summed E-state index contributed by atoms with van der Waals surface area (Å²) in [5.74, 6) is 0.745. The van der Waals surface area contributed by atoms with Gasteiger partial charge in [-0.2, -0.15) is 0 Å². The van der Waals surface area contributed by atoms with Gasteiger partial charge in [-0.25, -0.2) is 0 Å². The van der Waals surface area contributed by atoms with Crippen LogP contribution in [0.3, 0.4) is 0 Å². The van der Waals surface area contributed by atoms with Gasteiger partial charge in [-0.15, -0.1) is 17.9 Å². The SMILES string of the molecule is C=CCN(CC(=O)N1CCc2sccc2[C@H]1COc1ccc(C)cc1C)C(=O)CC. The van der Waals surface area contributed by atoms with Crippen molar-refractivity contribution in [3.8, 4) is 5.75 Å². The highest BCUT2D eigenvalue weighted by atomic mass is 32.1. The maximum Gasteiger partial charge on any atom is 0.242 e. The van der Waals surface area contributed by atoms with Gasteiger partial charge in [0.1, 0.15) is 18.9 Å². The summed E-state index contributed by atoms with van der Waals surface area (Å²) in [4.78, 5) is 30.2. The molecule has 2 amide bonds. The van der Waals surface area contributed by atoms with Crippen LogP contribution in [0.4, 0.5) is 0 Å². The Morgan fingerprint density at radius 1 is 1.33 bits per heavy atom. The van der Waals surface area contributed by atoms with Crippen LogP contribution in [0.2, 0.25) is 0 Å². The van der Waals surface area contributed by atoms with Crippen molar-refractivity contribution in [1.29, 1.82) is 0 Å². The Balaban J connectivity index is 1.79. The minimum Gasteiger partial charge on any atom is -0.491 e. The second kappa shape index (κ2) is 9.94. The Bertz CT molecular complexity index is 921. The summed E-state index contributed by atoms with van der Waals surface area (Å²) in [5.41, 5.74) is 3.43. The third-order valence-corrected chi connectivity index (χ3v) is 6.47. The number of nitrogens with zero attached hydrogens (tertiary/aromatic N) is 2. The van der Waals surface area contributed by atoms with E-state index in [1.54, 1.807) is 22.3 Å². The standard InChI is InChI=1S/C24H30N2O3S/c1-5-11-25(23(27)6-2)15-24(28)26-12-9-22-19(10-13-30-22)20(26)16-29-21-8-7-17(3)14-18(21)4/h5,7-8,10,13-14,20H,1,6,9,11-12,15-16H2,2-4H3/t20-/m1/s1. The van der Waals surface area contributed by atoms with Gasteiger partial charge in [0, 0.05) is 24.4 Å². The molecule has 2 heterocycles. The van der Waals surface area contributed by atoms with Crippen molar-refractivity contribution < 1.29 is 14.3 Å². The predicted molar refractivity (Wildman–Crippen MR) is 121 cm³/mol. The van der Waals surface area contributed by atoms with Crippen molar-refractivity contribution in [2.45, 2.75) is 39.7 Å². The summed E-state index contributed by atoms with van der Waals surface area (Å²) >= 11 is 1.73. The molecular weight excluding hydrogens is 396 g/mol. The second-order valence-corrected chi connectivity index (χ2v) is 8.65. The molecule has 1 aromatic heterocycles. The van der Waals surface area contributed by atoms with Gasteiger partial charge in [0.05, 0.1) is 6.04 Å². The van der Waals surface area contributed by atoms with Gasteiger partial charge in [-0.05, 0) is 48.9 Å². The van der Waals surface area contributed by atoms with Gasteiger partial charge in [0.15, 0.2) is 0 Å². The molecule has 0 fully saturated rings. The van der Waals surface area contributed by atoms with Crippen LogP contribution in [0, 0.1) is 13.8 Å². The van der Waals surface area contributed by atoms with Crippen LogP contribution in [-0.2, 0) is 16.0 Å². The summed E-state index contributed by atoms with van der Waals surface area (Å²) in [5, 5.41) is 2.08. The number of aryl methyl sites for hydroxylation is 2. The van der Waals surface area contributed by atoms with E-state index in [0.717, 1.165) is 23.3 Å². The van der Waals surface area contributed by atoms with Crippen LogP contribution in [0.25, 0.3) is 0 Å². The number of ether oxygens (including phenoxy) is 1. The normalized spacial score (nSPS) is 15.4. The number of carbonyl (C=O) groups is 2. The van der Waals surface area contributed by atoms with E-state index in [4.69, 9.17) is 4.74 Å². The van der Waals surface area contributed by atoms with E-state index in [1.165, 1.54) is 10.4 Å². The maximum atomic E-state index is 13.2. The molecule has 0 bridgehead atoms. The molecule has 1 aromatic carbocycles. The fourth-order valence-electron chi connectivity index (χ4n) is 3.89. The molecule has 30 heavy (non-hydrogen) atoms. The Morgan fingerprint density at radius 2 is 2.13 bits per heavy atom. The highest BCUT2D eigenvalue weighted by molar-refractivity contribution is 7.10. The van der Waals surface area contributed by atoms with Gasteiger partial charge < -0.3 is 14.5 Å². The van der Waals surface area contributed by atoms with E-state index in [2.05, 4.69) is 31.0 Å². The largest absolute Gasteiger partial charge is 0.491 e. The predicted octanol–water partition coefficient (Wildman–Crippen LogP) is 4.29. The number of amides is 2. The topological polar surface area (TPSA) is 49.9 Å². The number of benzene rings is 1. The zero-order chi connectivity index (χ0) is 21.7. The van der Waals surface area contributed by atoms with E-state index in [9.17, 15) is 9.59 Å².